The smallest absolute Gasteiger partial charge is 0.311 e. The Hall–Kier alpha value is -1.43. The first-order chi connectivity index (χ1) is 8.61. The van der Waals surface area contributed by atoms with Crippen molar-refractivity contribution >= 4 is 17.8 Å². The molecule has 18 heavy (non-hydrogen) atoms. The summed E-state index contributed by atoms with van der Waals surface area (Å²) in [6.45, 7) is 0.222. The van der Waals surface area contributed by atoms with Crippen LogP contribution in [0.25, 0.3) is 0 Å². The van der Waals surface area contributed by atoms with Crippen LogP contribution in [0.3, 0.4) is 0 Å². The van der Waals surface area contributed by atoms with E-state index < -0.39 is 17.9 Å². The average Bonchev–Trinajstić information content (AvgIpc) is 2.99. The van der Waals surface area contributed by atoms with E-state index in [-0.39, 0.29) is 36.9 Å². The van der Waals surface area contributed by atoms with Crippen LogP contribution in [0.2, 0.25) is 0 Å². The summed E-state index contributed by atoms with van der Waals surface area (Å²) < 4.78 is 5.14. The van der Waals surface area contributed by atoms with E-state index in [2.05, 4.69) is 0 Å². The van der Waals surface area contributed by atoms with E-state index in [1.165, 1.54) is 4.90 Å². The number of carboxylic acids is 1. The molecule has 0 aromatic rings. The molecule has 2 aliphatic heterocycles. The number of hydrogen-bond donors (Lipinski definition) is 1. The van der Waals surface area contributed by atoms with Crippen LogP contribution in [0, 0.1) is 17.8 Å². The van der Waals surface area contributed by atoms with Crippen LogP contribution in [0.5, 0.6) is 0 Å². The number of hydrogen-bond acceptors (Lipinski definition) is 4. The maximum atomic E-state index is 12.2. The summed E-state index contributed by atoms with van der Waals surface area (Å²) in [7, 11) is 0. The molecule has 4 unspecified atom stereocenters. The van der Waals surface area contributed by atoms with Gasteiger partial charge in [-0.25, -0.2) is 0 Å². The van der Waals surface area contributed by atoms with Crippen LogP contribution in [-0.2, 0) is 19.1 Å². The monoisotopic (exact) mass is 253 g/mol. The highest BCUT2D eigenvalue weighted by molar-refractivity contribution is 6.06. The lowest BCUT2D eigenvalue weighted by Crippen LogP contribution is -2.47. The standard InChI is InChI=1S/C12H15NO5/c14-10-6-2-1-3-7(6)11(15)13(10)9-5-18-4-8(9)12(16)17/h6-9H,1-5H2,(H,16,17). The number of likely N-dealkylation sites (tertiary alicyclic amines) is 1. The van der Waals surface area contributed by atoms with Crippen molar-refractivity contribution in [3.05, 3.63) is 0 Å². The molecule has 1 saturated carbocycles. The Morgan fingerprint density at radius 2 is 1.78 bits per heavy atom. The second-order valence-electron chi connectivity index (χ2n) is 5.24. The highest BCUT2D eigenvalue weighted by Crippen LogP contribution is 2.41. The van der Waals surface area contributed by atoms with Gasteiger partial charge in [-0.1, -0.05) is 6.42 Å². The number of rotatable bonds is 2. The number of ether oxygens (including phenoxy) is 1. The van der Waals surface area contributed by atoms with E-state index in [1.807, 2.05) is 0 Å². The predicted molar refractivity (Wildman–Crippen MR) is 58.4 cm³/mol. The van der Waals surface area contributed by atoms with Gasteiger partial charge in [0.05, 0.1) is 31.1 Å². The maximum absolute atomic E-state index is 12.2. The molecule has 0 bridgehead atoms. The largest absolute Gasteiger partial charge is 0.481 e. The van der Waals surface area contributed by atoms with E-state index >= 15 is 0 Å². The van der Waals surface area contributed by atoms with Gasteiger partial charge in [0.15, 0.2) is 0 Å². The fraction of sp³-hybridized carbons (Fsp3) is 0.750. The lowest BCUT2D eigenvalue weighted by molar-refractivity contribution is -0.148. The van der Waals surface area contributed by atoms with Gasteiger partial charge in [0.1, 0.15) is 5.92 Å². The van der Waals surface area contributed by atoms with Gasteiger partial charge in [0.2, 0.25) is 11.8 Å². The summed E-state index contributed by atoms with van der Waals surface area (Å²) in [6, 6.07) is -0.618. The Morgan fingerprint density at radius 1 is 1.17 bits per heavy atom. The molecule has 0 spiro atoms. The molecule has 2 saturated heterocycles. The second-order valence-corrected chi connectivity index (χ2v) is 5.24. The fourth-order valence-electron chi connectivity index (χ4n) is 3.38. The molecule has 1 N–H and O–H groups in total. The molecule has 3 rings (SSSR count). The molecule has 6 heteroatoms. The van der Waals surface area contributed by atoms with Crippen LogP contribution in [0.4, 0.5) is 0 Å². The molecule has 3 fully saturated rings. The Bertz CT molecular complexity index is 399. The number of carboxylic acid groups (broad SMARTS) is 1. The van der Waals surface area contributed by atoms with Gasteiger partial charge in [0.25, 0.3) is 0 Å². The lowest BCUT2D eigenvalue weighted by atomic mass is 10.00. The van der Waals surface area contributed by atoms with Crippen molar-refractivity contribution in [2.24, 2.45) is 17.8 Å². The molecule has 2 amide bonds. The number of nitrogens with zero attached hydrogens (tertiary/aromatic N) is 1. The van der Waals surface area contributed by atoms with Crippen molar-refractivity contribution < 1.29 is 24.2 Å². The van der Waals surface area contributed by atoms with Gasteiger partial charge in [-0.3, -0.25) is 19.3 Å². The van der Waals surface area contributed by atoms with Crippen molar-refractivity contribution in [3.63, 3.8) is 0 Å². The Kier molecular flexibility index (Phi) is 2.62. The summed E-state index contributed by atoms with van der Waals surface area (Å²) in [4.78, 5) is 36.7. The Morgan fingerprint density at radius 3 is 2.33 bits per heavy atom. The number of aliphatic carboxylic acids is 1. The van der Waals surface area contributed by atoms with Gasteiger partial charge < -0.3 is 9.84 Å². The number of carbonyl (C=O) groups excluding carboxylic acids is 2. The molecule has 4 atom stereocenters. The highest BCUT2D eigenvalue weighted by atomic mass is 16.5. The highest BCUT2D eigenvalue weighted by Gasteiger charge is 2.54. The van der Waals surface area contributed by atoms with Crippen LogP contribution in [-0.4, -0.2) is 47.0 Å². The van der Waals surface area contributed by atoms with Crippen LogP contribution in [0.15, 0.2) is 0 Å². The molecule has 0 radical (unpaired) electrons. The predicted octanol–water partition coefficient (Wildman–Crippen LogP) is -0.129. The number of fused-ring (bicyclic) bond motifs is 1. The third kappa shape index (κ3) is 1.48. The molecule has 0 aromatic heterocycles. The summed E-state index contributed by atoms with van der Waals surface area (Å²) in [6.07, 6.45) is 2.40. The molecule has 2 heterocycles. The zero-order valence-electron chi connectivity index (χ0n) is 9.87. The molecule has 98 valence electrons. The van der Waals surface area contributed by atoms with Crippen molar-refractivity contribution in [2.45, 2.75) is 25.3 Å². The second kappa shape index (κ2) is 4.05. The first kappa shape index (κ1) is 11.6. The van der Waals surface area contributed by atoms with E-state index in [9.17, 15) is 14.4 Å². The Labute approximate surface area is 104 Å². The minimum atomic E-state index is -1.00. The number of carbonyl (C=O) groups is 3. The van der Waals surface area contributed by atoms with E-state index in [1.54, 1.807) is 0 Å². The summed E-state index contributed by atoms with van der Waals surface area (Å²) in [5.74, 6) is -2.60. The molecular weight excluding hydrogens is 238 g/mol. The average molecular weight is 253 g/mol. The fourth-order valence-corrected chi connectivity index (χ4v) is 3.38. The first-order valence-corrected chi connectivity index (χ1v) is 6.28. The van der Waals surface area contributed by atoms with Crippen LogP contribution < -0.4 is 0 Å². The minimum absolute atomic E-state index is 0.0758. The lowest BCUT2D eigenvalue weighted by Gasteiger charge is -2.25. The van der Waals surface area contributed by atoms with Gasteiger partial charge in [-0.2, -0.15) is 0 Å². The molecule has 1 aliphatic carbocycles. The minimum Gasteiger partial charge on any atom is -0.481 e. The third-order valence-electron chi connectivity index (χ3n) is 4.32. The summed E-state index contributed by atoms with van der Waals surface area (Å²) in [5, 5.41) is 9.09. The maximum Gasteiger partial charge on any atom is 0.311 e. The van der Waals surface area contributed by atoms with Crippen molar-refractivity contribution in [1.29, 1.82) is 0 Å². The number of imide groups is 1. The SMILES string of the molecule is O=C(O)C1COCC1N1C(=O)C2CCCC2C1=O. The van der Waals surface area contributed by atoms with Crippen molar-refractivity contribution in [2.75, 3.05) is 13.2 Å². The first-order valence-electron chi connectivity index (χ1n) is 6.28. The summed E-state index contributed by atoms with van der Waals surface area (Å²) >= 11 is 0. The zero-order valence-corrected chi connectivity index (χ0v) is 9.87. The summed E-state index contributed by atoms with van der Waals surface area (Å²) in [5.41, 5.74) is 0. The normalized spacial score (nSPS) is 39.4. The quantitative estimate of drug-likeness (QED) is 0.693. The number of amides is 2. The van der Waals surface area contributed by atoms with Crippen LogP contribution in [0.1, 0.15) is 19.3 Å². The van der Waals surface area contributed by atoms with Gasteiger partial charge in [0, 0.05) is 0 Å². The zero-order chi connectivity index (χ0) is 12.9. The van der Waals surface area contributed by atoms with E-state index in [4.69, 9.17) is 9.84 Å². The van der Waals surface area contributed by atoms with E-state index in [0.717, 1.165) is 19.3 Å². The topological polar surface area (TPSA) is 83.9 Å². The van der Waals surface area contributed by atoms with Crippen molar-refractivity contribution in [1.82, 2.24) is 4.90 Å². The van der Waals surface area contributed by atoms with Crippen molar-refractivity contribution in [3.8, 4) is 0 Å². The molecule has 0 aromatic carbocycles. The third-order valence-corrected chi connectivity index (χ3v) is 4.32. The molecular formula is C12H15NO5. The van der Waals surface area contributed by atoms with Crippen LogP contribution >= 0.6 is 0 Å². The van der Waals surface area contributed by atoms with Gasteiger partial charge >= 0.3 is 5.97 Å². The molecule has 6 nitrogen and oxygen atoms in total. The van der Waals surface area contributed by atoms with Gasteiger partial charge in [-0.05, 0) is 12.8 Å². The van der Waals surface area contributed by atoms with Gasteiger partial charge in [-0.15, -0.1) is 0 Å². The Balaban J connectivity index is 1.86. The van der Waals surface area contributed by atoms with E-state index in [0.29, 0.717) is 0 Å². The molecule has 3 aliphatic rings.